The molecule has 0 amide bonds. The Kier molecular flexibility index (Phi) is 7.29. The maximum Gasteiger partial charge on any atom is 0.345 e. The van der Waals surface area contributed by atoms with Crippen molar-refractivity contribution in [3.63, 3.8) is 0 Å². The van der Waals surface area contributed by atoms with Gasteiger partial charge in [0.1, 0.15) is 11.4 Å². The number of aliphatic hydroxyl groups excluding tert-OH is 1. The maximum absolute atomic E-state index is 12.3. The van der Waals surface area contributed by atoms with Crippen LogP contribution in [0.15, 0.2) is 24.3 Å². The number of nitrogens with one attached hydrogen (secondary N) is 1. The van der Waals surface area contributed by atoms with Crippen molar-refractivity contribution in [1.82, 2.24) is 9.78 Å². The molecule has 8 heteroatoms. The summed E-state index contributed by atoms with van der Waals surface area (Å²) >= 11 is 5.90. The monoisotopic (exact) mass is 380 g/mol. The zero-order valence-electron chi connectivity index (χ0n) is 15.0. The normalized spacial score (nSPS) is 12.0. The Hall–Kier alpha value is -2.25. The molecule has 1 aromatic heterocycles. The number of halogens is 1. The van der Waals surface area contributed by atoms with Gasteiger partial charge in [-0.2, -0.15) is 5.10 Å². The molecular weight excluding hydrogens is 356 g/mol. The molecule has 0 bridgehead atoms. The van der Waals surface area contributed by atoms with Crippen LogP contribution in [0.4, 0.5) is 17.3 Å². The molecule has 1 heterocycles. The van der Waals surface area contributed by atoms with Gasteiger partial charge in [0.05, 0.1) is 19.3 Å². The zero-order valence-corrected chi connectivity index (χ0v) is 15.8. The van der Waals surface area contributed by atoms with Gasteiger partial charge in [-0.3, -0.25) is 0 Å². The van der Waals surface area contributed by atoms with E-state index in [9.17, 15) is 9.90 Å². The first-order valence-corrected chi connectivity index (χ1v) is 9.08. The maximum atomic E-state index is 12.3. The van der Waals surface area contributed by atoms with Crippen LogP contribution in [-0.4, -0.2) is 33.6 Å². The largest absolute Gasteiger partial charge is 0.462 e. The second kappa shape index (κ2) is 9.45. The fourth-order valence-corrected chi connectivity index (χ4v) is 2.63. The van der Waals surface area contributed by atoms with Gasteiger partial charge in [0.2, 0.25) is 0 Å². The molecule has 0 saturated heterocycles. The number of rotatable bonds is 9. The Labute approximate surface area is 158 Å². The van der Waals surface area contributed by atoms with Gasteiger partial charge in [-0.05, 0) is 37.6 Å². The Balaban J connectivity index is 2.30. The number of carbonyl (C=O) groups excluding carboxylic acids is 1. The second-order valence-electron chi connectivity index (χ2n) is 5.94. The van der Waals surface area contributed by atoms with E-state index in [1.54, 1.807) is 31.2 Å². The number of benzene rings is 1. The van der Waals surface area contributed by atoms with Gasteiger partial charge in [0, 0.05) is 10.7 Å². The van der Waals surface area contributed by atoms with Crippen molar-refractivity contribution < 1.29 is 14.6 Å². The molecule has 0 spiro atoms. The Bertz CT molecular complexity index is 731. The predicted molar refractivity (Wildman–Crippen MR) is 103 cm³/mol. The third-order valence-corrected chi connectivity index (χ3v) is 4.10. The van der Waals surface area contributed by atoms with Crippen LogP contribution in [0.1, 0.15) is 43.5 Å². The lowest BCUT2D eigenvalue weighted by atomic mass is 10.1. The number of anilines is 3. The summed E-state index contributed by atoms with van der Waals surface area (Å²) in [6, 6.07) is 6.98. The number of hydrogen-bond acceptors (Lipinski definition) is 6. The van der Waals surface area contributed by atoms with Crippen LogP contribution in [-0.2, 0) is 11.3 Å². The summed E-state index contributed by atoms with van der Waals surface area (Å²) < 4.78 is 6.53. The molecule has 0 saturated carbocycles. The molecule has 0 aliphatic heterocycles. The van der Waals surface area contributed by atoms with Gasteiger partial charge in [0.25, 0.3) is 0 Å². The van der Waals surface area contributed by atoms with E-state index >= 15 is 0 Å². The molecule has 4 N–H and O–H groups in total. The molecule has 2 rings (SSSR count). The van der Waals surface area contributed by atoms with Crippen LogP contribution in [0.2, 0.25) is 5.02 Å². The molecule has 1 unspecified atom stereocenters. The number of carbonyl (C=O) groups is 1. The summed E-state index contributed by atoms with van der Waals surface area (Å²) in [5, 5.41) is 18.2. The number of nitrogens with two attached hydrogens (primary N) is 1. The summed E-state index contributed by atoms with van der Waals surface area (Å²) in [6.45, 7) is 4.21. The molecule has 1 atom stereocenters. The van der Waals surface area contributed by atoms with Crippen molar-refractivity contribution in [1.29, 1.82) is 0 Å². The third-order valence-electron chi connectivity index (χ3n) is 3.85. The van der Waals surface area contributed by atoms with E-state index in [0.717, 1.165) is 12.8 Å². The third kappa shape index (κ3) is 5.12. The molecule has 142 valence electrons. The van der Waals surface area contributed by atoms with E-state index < -0.39 is 12.1 Å². The van der Waals surface area contributed by atoms with Crippen molar-refractivity contribution in [2.24, 2.45) is 0 Å². The Morgan fingerprint density at radius 1 is 1.38 bits per heavy atom. The van der Waals surface area contributed by atoms with Gasteiger partial charge in [-0.25, -0.2) is 9.48 Å². The summed E-state index contributed by atoms with van der Waals surface area (Å²) in [4.78, 5) is 12.3. The molecule has 0 radical (unpaired) electrons. The molecule has 0 fully saturated rings. The minimum Gasteiger partial charge on any atom is -0.462 e. The van der Waals surface area contributed by atoms with Crippen LogP contribution >= 0.6 is 11.6 Å². The first-order chi connectivity index (χ1) is 12.5. The van der Waals surface area contributed by atoms with Crippen LogP contribution in [0.5, 0.6) is 0 Å². The highest BCUT2D eigenvalue weighted by atomic mass is 35.5. The highest BCUT2D eigenvalue weighted by Gasteiger charge is 2.24. The average molecular weight is 381 g/mol. The number of esters is 1. The van der Waals surface area contributed by atoms with Crippen molar-refractivity contribution in [3.8, 4) is 0 Å². The lowest BCUT2D eigenvalue weighted by Gasteiger charge is -2.11. The summed E-state index contributed by atoms with van der Waals surface area (Å²) in [5.41, 5.74) is 6.98. The van der Waals surface area contributed by atoms with Crippen LogP contribution in [0.25, 0.3) is 0 Å². The SMILES string of the molecule is CCCCC(O)Cn1nc(Nc2ccc(Cl)cc2)c(C(=O)OCC)c1N. The molecule has 0 aliphatic carbocycles. The lowest BCUT2D eigenvalue weighted by Crippen LogP contribution is -2.19. The number of ether oxygens (including phenoxy) is 1. The zero-order chi connectivity index (χ0) is 19.1. The standard InChI is InChI=1S/C18H25ClN4O3/c1-3-5-6-14(24)11-23-16(20)15(18(25)26-4-2)17(22-23)21-13-9-7-12(19)8-10-13/h7-10,14,24H,3-6,11,20H2,1-2H3,(H,21,22). The predicted octanol–water partition coefficient (Wildman–Crippen LogP) is 3.59. The van der Waals surface area contributed by atoms with E-state index in [0.29, 0.717) is 17.1 Å². The first kappa shape index (κ1) is 20.1. The highest BCUT2D eigenvalue weighted by Crippen LogP contribution is 2.27. The van der Waals surface area contributed by atoms with Crippen LogP contribution in [0.3, 0.4) is 0 Å². The quantitative estimate of drug-likeness (QED) is 0.574. The molecule has 1 aromatic carbocycles. The van der Waals surface area contributed by atoms with Crippen molar-refractivity contribution in [2.75, 3.05) is 17.7 Å². The molecule has 26 heavy (non-hydrogen) atoms. The smallest absolute Gasteiger partial charge is 0.345 e. The van der Waals surface area contributed by atoms with Gasteiger partial charge in [-0.1, -0.05) is 31.4 Å². The summed E-state index contributed by atoms with van der Waals surface area (Å²) in [6.07, 6.45) is 1.95. The summed E-state index contributed by atoms with van der Waals surface area (Å²) in [7, 11) is 0. The number of nitrogens with zero attached hydrogens (tertiary/aromatic N) is 2. The molecule has 2 aromatic rings. The van der Waals surface area contributed by atoms with Gasteiger partial charge in [0.15, 0.2) is 5.82 Å². The number of nitrogen functional groups attached to an aromatic ring is 1. The van der Waals surface area contributed by atoms with Crippen molar-refractivity contribution in [2.45, 2.75) is 45.8 Å². The topological polar surface area (TPSA) is 102 Å². The van der Waals surface area contributed by atoms with Gasteiger partial charge >= 0.3 is 5.97 Å². The van der Waals surface area contributed by atoms with Gasteiger partial charge < -0.3 is 20.9 Å². The second-order valence-corrected chi connectivity index (χ2v) is 6.38. The number of aliphatic hydroxyl groups is 1. The van der Waals surface area contributed by atoms with Crippen LogP contribution < -0.4 is 11.1 Å². The number of hydrogen-bond donors (Lipinski definition) is 3. The fourth-order valence-electron chi connectivity index (χ4n) is 2.51. The van der Waals surface area contributed by atoms with E-state index in [2.05, 4.69) is 17.3 Å². The van der Waals surface area contributed by atoms with E-state index in [-0.39, 0.29) is 30.4 Å². The van der Waals surface area contributed by atoms with E-state index in [1.165, 1.54) is 4.68 Å². The van der Waals surface area contributed by atoms with E-state index in [4.69, 9.17) is 22.1 Å². The lowest BCUT2D eigenvalue weighted by molar-refractivity contribution is 0.0528. The highest BCUT2D eigenvalue weighted by molar-refractivity contribution is 6.30. The molecule has 7 nitrogen and oxygen atoms in total. The van der Waals surface area contributed by atoms with Crippen molar-refractivity contribution >= 4 is 34.9 Å². The first-order valence-electron chi connectivity index (χ1n) is 8.70. The Morgan fingerprint density at radius 2 is 2.08 bits per heavy atom. The van der Waals surface area contributed by atoms with Gasteiger partial charge in [-0.15, -0.1) is 0 Å². The van der Waals surface area contributed by atoms with Crippen LogP contribution in [0, 0.1) is 0 Å². The number of unbranched alkanes of at least 4 members (excludes halogenated alkanes) is 1. The summed E-state index contributed by atoms with van der Waals surface area (Å²) in [5.74, 6) is -0.114. The van der Waals surface area contributed by atoms with E-state index in [1.807, 2.05) is 0 Å². The fraction of sp³-hybridized carbons (Fsp3) is 0.444. The minimum absolute atomic E-state index is 0.157. The molecular formula is C18H25ClN4O3. The number of aromatic nitrogens is 2. The van der Waals surface area contributed by atoms with Crippen molar-refractivity contribution in [3.05, 3.63) is 34.9 Å². The molecule has 0 aliphatic rings. The Morgan fingerprint density at radius 3 is 2.69 bits per heavy atom. The average Bonchev–Trinajstić information content (AvgIpc) is 2.90. The minimum atomic E-state index is -0.587.